The molecule has 0 aliphatic heterocycles. The summed E-state index contributed by atoms with van der Waals surface area (Å²) in [6, 6.07) is 8.63. The fourth-order valence-electron chi connectivity index (χ4n) is 2.06. The monoisotopic (exact) mass is 275 g/mol. The molecule has 0 saturated heterocycles. The highest BCUT2D eigenvalue weighted by atomic mass is 32.1. The third-order valence-electron chi connectivity index (χ3n) is 3.03. The number of benzene rings is 1. The lowest BCUT2D eigenvalue weighted by Gasteiger charge is -2.22. The van der Waals surface area contributed by atoms with Gasteiger partial charge >= 0.3 is 0 Å². The molecule has 0 saturated carbocycles. The number of hydrogen-bond donors (Lipinski definition) is 1. The van der Waals surface area contributed by atoms with Gasteiger partial charge in [0.2, 0.25) is 0 Å². The predicted octanol–water partition coefficient (Wildman–Crippen LogP) is 3.20. The third-order valence-corrected chi connectivity index (χ3v) is 3.93. The molecule has 102 valence electrons. The minimum Gasteiger partial charge on any atom is -0.366 e. The molecular weight excluding hydrogens is 254 g/mol. The van der Waals surface area contributed by atoms with Crippen LogP contribution in [0.15, 0.2) is 29.6 Å². The van der Waals surface area contributed by atoms with Crippen LogP contribution in [0.1, 0.15) is 23.2 Å². The minimum absolute atomic E-state index is 0.848. The summed E-state index contributed by atoms with van der Waals surface area (Å²) in [6.45, 7) is 7.03. The Balaban J connectivity index is 2.09. The van der Waals surface area contributed by atoms with Gasteiger partial charge < -0.3 is 10.2 Å². The highest BCUT2D eigenvalue weighted by Crippen LogP contribution is 2.19. The molecule has 0 unspecified atom stereocenters. The van der Waals surface area contributed by atoms with Crippen LogP contribution in [0.4, 0.5) is 5.69 Å². The molecule has 0 atom stereocenters. The summed E-state index contributed by atoms with van der Waals surface area (Å²) in [5.41, 5.74) is 3.72. The van der Waals surface area contributed by atoms with Gasteiger partial charge in [0.25, 0.3) is 0 Å². The maximum Gasteiger partial charge on any atom is 0.107 e. The van der Waals surface area contributed by atoms with Crippen LogP contribution in [0, 0.1) is 6.92 Å². The molecule has 0 spiro atoms. The van der Waals surface area contributed by atoms with Gasteiger partial charge in [-0.05, 0) is 38.6 Å². The van der Waals surface area contributed by atoms with Crippen LogP contribution in [-0.2, 0) is 13.1 Å². The lowest BCUT2D eigenvalue weighted by Crippen LogP contribution is -2.22. The molecule has 1 N–H and O–H groups in total. The summed E-state index contributed by atoms with van der Waals surface area (Å²) in [4.78, 5) is 7.00. The SMILES string of the molecule is CCN(Cc1csc(CNC)n1)c1cccc(C)c1. The van der Waals surface area contributed by atoms with E-state index >= 15 is 0 Å². The van der Waals surface area contributed by atoms with Gasteiger partial charge in [-0.25, -0.2) is 4.98 Å². The van der Waals surface area contributed by atoms with Crippen LogP contribution < -0.4 is 10.2 Å². The first-order valence-electron chi connectivity index (χ1n) is 6.62. The maximum absolute atomic E-state index is 4.65. The van der Waals surface area contributed by atoms with Gasteiger partial charge in [0.1, 0.15) is 5.01 Å². The number of hydrogen-bond acceptors (Lipinski definition) is 4. The van der Waals surface area contributed by atoms with E-state index in [1.165, 1.54) is 11.3 Å². The second-order valence-electron chi connectivity index (χ2n) is 4.62. The van der Waals surface area contributed by atoms with E-state index in [1.54, 1.807) is 11.3 Å². The van der Waals surface area contributed by atoms with Gasteiger partial charge in [0, 0.05) is 24.2 Å². The van der Waals surface area contributed by atoms with Crippen molar-refractivity contribution in [2.24, 2.45) is 0 Å². The van der Waals surface area contributed by atoms with Crippen LogP contribution in [0.5, 0.6) is 0 Å². The van der Waals surface area contributed by atoms with Gasteiger partial charge in [-0.2, -0.15) is 0 Å². The zero-order chi connectivity index (χ0) is 13.7. The van der Waals surface area contributed by atoms with E-state index in [-0.39, 0.29) is 0 Å². The van der Waals surface area contributed by atoms with Crippen LogP contribution in [0.2, 0.25) is 0 Å². The molecule has 1 aromatic heterocycles. The molecule has 0 aliphatic carbocycles. The molecule has 4 heteroatoms. The Kier molecular flexibility index (Phi) is 4.93. The second-order valence-corrected chi connectivity index (χ2v) is 5.56. The zero-order valence-corrected chi connectivity index (χ0v) is 12.6. The molecule has 0 bridgehead atoms. The number of aryl methyl sites for hydroxylation is 1. The molecule has 1 aromatic carbocycles. The average Bonchev–Trinajstić information content (AvgIpc) is 2.84. The van der Waals surface area contributed by atoms with Crippen LogP contribution in [-0.4, -0.2) is 18.6 Å². The molecule has 0 aliphatic rings. The standard InChI is InChI=1S/C15H21N3S/c1-4-18(14-7-5-6-12(2)8-14)10-13-11-19-15(17-13)9-16-3/h5-8,11,16H,4,9-10H2,1-3H3. The summed E-state index contributed by atoms with van der Waals surface area (Å²) in [7, 11) is 1.95. The number of nitrogens with zero attached hydrogens (tertiary/aromatic N) is 2. The van der Waals surface area contributed by atoms with Crippen molar-refractivity contribution in [3.8, 4) is 0 Å². The van der Waals surface area contributed by atoms with Gasteiger partial charge in [-0.3, -0.25) is 0 Å². The molecule has 3 nitrogen and oxygen atoms in total. The first kappa shape index (κ1) is 14.0. The summed E-state index contributed by atoms with van der Waals surface area (Å²) < 4.78 is 0. The number of anilines is 1. The van der Waals surface area contributed by atoms with Crippen molar-refractivity contribution in [2.45, 2.75) is 26.9 Å². The zero-order valence-electron chi connectivity index (χ0n) is 11.8. The second kappa shape index (κ2) is 6.68. The van der Waals surface area contributed by atoms with Crippen LogP contribution in [0.3, 0.4) is 0 Å². The van der Waals surface area contributed by atoms with E-state index in [0.29, 0.717) is 0 Å². The smallest absolute Gasteiger partial charge is 0.107 e. The van der Waals surface area contributed by atoms with Gasteiger partial charge in [0.05, 0.1) is 12.2 Å². The number of nitrogens with one attached hydrogen (secondary N) is 1. The lowest BCUT2D eigenvalue weighted by molar-refractivity contribution is 0.782. The Morgan fingerprint density at radius 1 is 1.37 bits per heavy atom. The normalized spacial score (nSPS) is 10.7. The summed E-state index contributed by atoms with van der Waals surface area (Å²) in [5.74, 6) is 0. The summed E-state index contributed by atoms with van der Waals surface area (Å²) >= 11 is 1.72. The largest absolute Gasteiger partial charge is 0.366 e. The summed E-state index contributed by atoms with van der Waals surface area (Å²) in [6.07, 6.45) is 0. The molecule has 2 aromatic rings. The lowest BCUT2D eigenvalue weighted by atomic mass is 10.2. The molecule has 0 amide bonds. The van der Waals surface area contributed by atoms with Crippen molar-refractivity contribution in [1.82, 2.24) is 10.3 Å². The maximum atomic E-state index is 4.65. The first-order chi connectivity index (χ1) is 9.22. The molecule has 0 fully saturated rings. The van der Waals surface area contributed by atoms with E-state index in [4.69, 9.17) is 0 Å². The Hall–Kier alpha value is -1.39. The van der Waals surface area contributed by atoms with Crippen molar-refractivity contribution >= 4 is 17.0 Å². The van der Waals surface area contributed by atoms with Crippen molar-refractivity contribution in [3.63, 3.8) is 0 Å². The first-order valence-corrected chi connectivity index (χ1v) is 7.50. The van der Waals surface area contributed by atoms with Gasteiger partial charge in [0.15, 0.2) is 0 Å². The minimum atomic E-state index is 0.848. The highest BCUT2D eigenvalue weighted by molar-refractivity contribution is 7.09. The Morgan fingerprint density at radius 2 is 2.21 bits per heavy atom. The Morgan fingerprint density at radius 3 is 2.89 bits per heavy atom. The highest BCUT2D eigenvalue weighted by Gasteiger charge is 2.08. The van der Waals surface area contributed by atoms with Crippen molar-refractivity contribution < 1.29 is 0 Å². The van der Waals surface area contributed by atoms with E-state index in [9.17, 15) is 0 Å². The van der Waals surface area contributed by atoms with Gasteiger partial charge in [-0.1, -0.05) is 12.1 Å². The molecular formula is C15H21N3S. The fourth-order valence-corrected chi connectivity index (χ4v) is 2.86. The van der Waals surface area contributed by atoms with Crippen molar-refractivity contribution in [1.29, 1.82) is 0 Å². The number of thiazole rings is 1. The Labute approximate surface area is 119 Å². The van der Waals surface area contributed by atoms with Crippen LogP contribution in [0.25, 0.3) is 0 Å². The van der Waals surface area contributed by atoms with E-state index < -0.39 is 0 Å². The van der Waals surface area contributed by atoms with E-state index in [0.717, 1.165) is 30.3 Å². The van der Waals surface area contributed by atoms with Gasteiger partial charge in [-0.15, -0.1) is 11.3 Å². The van der Waals surface area contributed by atoms with Crippen molar-refractivity contribution in [3.05, 3.63) is 45.9 Å². The Bertz CT molecular complexity index is 522. The summed E-state index contributed by atoms with van der Waals surface area (Å²) in [5, 5.41) is 6.45. The quantitative estimate of drug-likeness (QED) is 0.877. The van der Waals surface area contributed by atoms with Crippen molar-refractivity contribution in [2.75, 3.05) is 18.5 Å². The third kappa shape index (κ3) is 3.78. The molecule has 19 heavy (non-hydrogen) atoms. The topological polar surface area (TPSA) is 28.2 Å². The number of rotatable bonds is 6. The average molecular weight is 275 g/mol. The molecule has 2 rings (SSSR count). The van der Waals surface area contributed by atoms with E-state index in [2.05, 4.69) is 58.7 Å². The molecule has 0 radical (unpaired) electrons. The number of aromatic nitrogens is 1. The predicted molar refractivity (Wildman–Crippen MR) is 82.8 cm³/mol. The molecule has 1 heterocycles. The van der Waals surface area contributed by atoms with E-state index in [1.807, 2.05) is 7.05 Å². The fraction of sp³-hybridized carbons (Fsp3) is 0.400. The van der Waals surface area contributed by atoms with Crippen LogP contribution >= 0.6 is 11.3 Å².